The lowest BCUT2D eigenvalue weighted by atomic mass is 9.99. The van der Waals surface area contributed by atoms with E-state index < -0.39 is 29.2 Å². The number of carbonyl (C=O) groups excluding carboxylic acids is 2. The Labute approximate surface area is 158 Å². The van der Waals surface area contributed by atoms with E-state index in [0.29, 0.717) is 19.4 Å². The summed E-state index contributed by atoms with van der Waals surface area (Å²) in [6.45, 7) is 7.23. The number of aromatic carboxylic acids is 1. The van der Waals surface area contributed by atoms with Gasteiger partial charge in [-0.05, 0) is 58.7 Å². The van der Waals surface area contributed by atoms with E-state index in [1.165, 1.54) is 30.2 Å². The van der Waals surface area contributed by atoms with Gasteiger partial charge in [0.2, 0.25) is 0 Å². The molecule has 0 radical (unpaired) electrons. The van der Waals surface area contributed by atoms with Crippen molar-refractivity contribution >= 4 is 18.0 Å². The van der Waals surface area contributed by atoms with Crippen LogP contribution in [0.1, 0.15) is 50.9 Å². The number of nitrogens with zero attached hydrogens (tertiary/aromatic N) is 1. The summed E-state index contributed by atoms with van der Waals surface area (Å²) in [5.41, 5.74) is -1.95. The Kier molecular flexibility index (Phi) is 5.67. The summed E-state index contributed by atoms with van der Waals surface area (Å²) in [6.07, 6.45) is 0.439. The van der Waals surface area contributed by atoms with Gasteiger partial charge < -0.3 is 19.3 Å². The lowest BCUT2D eigenvalue weighted by molar-refractivity contribution is -0.145. The van der Waals surface area contributed by atoms with Gasteiger partial charge in [0.25, 0.3) is 0 Å². The number of esters is 1. The molecule has 0 unspecified atom stereocenters. The third-order valence-corrected chi connectivity index (χ3v) is 4.31. The van der Waals surface area contributed by atoms with Gasteiger partial charge >= 0.3 is 18.0 Å². The Balaban J connectivity index is 2.27. The molecule has 1 aliphatic heterocycles. The van der Waals surface area contributed by atoms with Gasteiger partial charge in [0.1, 0.15) is 11.1 Å². The van der Waals surface area contributed by atoms with E-state index in [0.717, 1.165) is 0 Å². The van der Waals surface area contributed by atoms with Crippen LogP contribution in [0, 0.1) is 0 Å². The number of carbonyl (C=O) groups is 3. The minimum absolute atomic E-state index is 0.0142. The summed E-state index contributed by atoms with van der Waals surface area (Å²) in [6, 6.07) is 3.98. The van der Waals surface area contributed by atoms with Crippen LogP contribution < -0.4 is 9.47 Å². The number of benzene rings is 1. The maximum absolute atomic E-state index is 12.9. The van der Waals surface area contributed by atoms with Crippen LogP contribution in [0.3, 0.4) is 0 Å². The van der Waals surface area contributed by atoms with Crippen molar-refractivity contribution in [3.8, 4) is 11.5 Å². The second kappa shape index (κ2) is 7.46. The van der Waals surface area contributed by atoms with Gasteiger partial charge in [0, 0.05) is 6.54 Å². The summed E-state index contributed by atoms with van der Waals surface area (Å²) >= 11 is 0. The zero-order valence-corrected chi connectivity index (χ0v) is 16.2. The molecule has 27 heavy (non-hydrogen) atoms. The lowest BCUT2D eigenvalue weighted by Crippen LogP contribution is -2.53. The summed E-state index contributed by atoms with van der Waals surface area (Å²) in [5.74, 6) is -1.62. The third kappa shape index (κ3) is 4.50. The molecule has 148 valence electrons. The molecule has 1 aromatic carbocycles. The highest BCUT2D eigenvalue weighted by Gasteiger charge is 2.49. The summed E-state index contributed by atoms with van der Waals surface area (Å²) in [5, 5.41) is 9.14. The molecule has 2 rings (SSSR count). The van der Waals surface area contributed by atoms with Gasteiger partial charge in [0.05, 0.1) is 12.7 Å². The molecule has 8 heteroatoms. The van der Waals surface area contributed by atoms with E-state index in [9.17, 15) is 14.4 Å². The zero-order valence-electron chi connectivity index (χ0n) is 16.2. The van der Waals surface area contributed by atoms with Crippen LogP contribution in [0.2, 0.25) is 0 Å². The summed E-state index contributed by atoms with van der Waals surface area (Å²) < 4.78 is 16.0. The fourth-order valence-electron chi connectivity index (χ4n) is 2.88. The van der Waals surface area contributed by atoms with Crippen LogP contribution in [0.4, 0.5) is 4.79 Å². The van der Waals surface area contributed by atoms with Gasteiger partial charge in [-0.1, -0.05) is 0 Å². The monoisotopic (exact) mass is 379 g/mol. The third-order valence-electron chi connectivity index (χ3n) is 4.31. The topological polar surface area (TPSA) is 102 Å². The summed E-state index contributed by atoms with van der Waals surface area (Å²) in [7, 11) is 1.39. The molecule has 0 spiro atoms. The molecule has 1 fully saturated rings. The predicted octanol–water partition coefficient (Wildman–Crippen LogP) is 3.09. The molecule has 0 saturated carbocycles. The standard InChI is InChI=1S/C19H25NO7/c1-18(2,3)27-17(24)20-10-6-9-19(20,4)16(23)26-14-11-12(15(21)22)7-8-13(14)25-5/h7-8,11H,6,9-10H2,1-5H3,(H,21,22)/t19-/m1/s1. The first-order valence-corrected chi connectivity index (χ1v) is 8.62. The molecular formula is C19H25NO7. The van der Waals surface area contributed by atoms with Crippen LogP contribution in [0.15, 0.2) is 18.2 Å². The maximum Gasteiger partial charge on any atom is 0.411 e. The van der Waals surface area contributed by atoms with Crippen LogP contribution in [0.25, 0.3) is 0 Å². The largest absolute Gasteiger partial charge is 0.493 e. The second-order valence-corrected chi connectivity index (χ2v) is 7.57. The Morgan fingerprint density at radius 3 is 2.41 bits per heavy atom. The highest BCUT2D eigenvalue weighted by Crippen LogP contribution is 2.35. The maximum atomic E-state index is 12.9. The molecule has 1 heterocycles. The van der Waals surface area contributed by atoms with E-state index in [-0.39, 0.29) is 17.1 Å². The molecule has 1 saturated heterocycles. The molecule has 1 N–H and O–H groups in total. The Morgan fingerprint density at radius 1 is 1.19 bits per heavy atom. The fourth-order valence-corrected chi connectivity index (χ4v) is 2.88. The molecule has 0 aromatic heterocycles. The van der Waals surface area contributed by atoms with Crippen molar-refractivity contribution in [1.29, 1.82) is 0 Å². The minimum atomic E-state index is -1.22. The van der Waals surface area contributed by atoms with Crippen molar-refractivity contribution in [2.45, 2.75) is 51.7 Å². The smallest absolute Gasteiger partial charge is 0.411 e. The van der Waals surface area contributed by atoms with Crippen molar-refractivity contribution in [2.24, 2.45) is 0 Å². The predicted molar refractivity (Wildman–Crippen MR) is 96.2 cm³/mol. The number of rotatable bonds is 4. The van der Waals surface area contributed by atoms with Gasteiger partial charge in [-0.25, -0.2) is 14.4 Å². The van der Waals surface area contributed by atoms with Crippen molar-refractivity contribution < 1.29 is 33.7 Å². The van der Waals surface area contributed by atoms with Crippen molar-refractivity contribution in [3.05, 3.63) is 23.8 Å². The van der Waals surface area contributed by atoms with Crippen molar-refractivity contribution in [1.82, 2.24) is 4.90 Å². The van der Waals surface area contributed by atoms with Crippen molar-refractivity contribution in [3.63, 3.8) is 0 Å². The van der Waals surface area contributed by atoms with Crippen LogP contribution in [-0.4, -0.2) is 52.8 Å². The highest BCUT2D eigenvalue weighted by atomic mass is 16.6. The lowest BCUT2D eigenvalue weighted by Gasteiger charge is -2.34. The highest BCUT2D eigenvalue weighted by molar-refractivity contribution is 5.90. The fraction of sp³-hybridized carbons (Fsp3) is 0.526. The van der Waals surface area contributed by atoms with Gasteiger partial charge in [-0.15, -0.1) is 0 Å². The number of ether oxygens (including phenoxy) is 3. The number of methoxy groups -OCH3 is 1. The van der Waals surface area contributed by atoms with E-state index >= 15 is 0 Å². The number of amides is 1. The van der Waals surface area contributed by atoms with Crippen LogP contribution in [0.5, 0.6) is 11.5 Å². The SMILES string of the molecule is COc1ccc(C(=O)O)cc1OC(=O)[C@@]1(C)CCCN1C(=O)OC(C)(C)C. The first-order valence-electron chi connectivity index (χ1n) is 8.62. The van der Waals surface area contributed by atoms with E-state index in [1.807, 2.05) is 0 Å². The van der Waals surface area contributed by atoms with Gasteiger partial charge in [-0.3, -0.25) is 4.90 Å². The average Bonchev–Trinajstić information content (AvgIpc) is 2.96. The number of carboxylic acids is 1. The molecule has 8 nitrogen and oxygen atoms in total. The van der Waals surface area contributed by atoms with E-state index in [1.54, 1.807) is 27.7 Å². The Bertz CT molecular complexity index is 753. The van der Waals surface area contributed by atoms with E-state index in [2.05, 4.69) is 0 Å². The van der Waals surface area contributed by atoms with E-state index in [4.69, 9.17) is 19.3 Å². The van der Waals surface area contributed by atoms with Gasteiger partial charge in [-0.2, -0.15) is 0 Å². The number of hydrogen-bond acceptors (Lipinski definition) is 6. The molecule has 1 aromatic rings. The normalized spacial score (nSPS) is 19.5. The molecule has 0 aliphatic carbocycles. The number of likely N-dealkylation sites (tertiary alicyclic amines) is 1. The molecular weight excluding hydrogens is 354 g/mol. The van der Waals surface area contributed by atoms with Crippen LogP contribution >= 0.6 is 0 Å². The second-order valence-electron chi connectivity index (χ2n) is 7.57. The Hall–Kier alpha value is -2.77. The number of carboxylic acid groups (broad SMARTS) is 1. The Morgan fingerprint density at radius 2 is 1.85 bits per heavy atom. The number of hydrogen-bond donors (Lipinski definition) is 1. The van der Waals surface area contributed by atoms with Crippen LogP contribution in [-0.2, 0) is 9.53 Å². The first-order chi connectivity index (χ1) is 12.5. The van der Waals surface area contributed by atoms with Crippen molar-refractivity contribution in [2.75, 3.05) is 13.7 Å². The first kappa shape index (κ1) is 20.5. The molecule has 0 bridgehead atoms. The summed E-state index contributed by atoms with van der Waals surface area (Å²) in [4.78, 5) is 37.9. The molecule has 1 atom stereocenters. The zero-order chi connectivity index (χ0) is 20.4. The van der Waals surface area contributed by atoms with Gasteiger partial charge in [0.15, 0.2) is 11.5 Å². The quantitative estimate of drug-likeness (QED) is 0.633. The molecule has 1 aliphatic rings. The minimum Gasteiger partial charge on any atom is -0.493 e. The molecule has 1 amide bonds. The average molecular weight is 379 g/mol.